The number of piperidine rings is 1. The van der Waals surface area contributed by atoms with Crippen molar-refractivity contribution < 1.29 is 14.7 Å². The minimum absolute atomic E-state index is 0.251. The zero-order valence-corrected chi connectivity index (χ0v) is 11.4. The van der Waals surface area contributed by atoms with Crippen molar-refractivity contribution in [3.8, 4) is 0 Å². The van der Waals surface area contributed by atoms with Crippen molar-refractivity contribution in [2.24, 2.45) is 22.9 Å². The molecule has 0 unspecified atom stereocenters. The molecule has 20 heavy (non-hydrogen) atoms. The van der Waals surface area contributed by atoms with Gasteiger partial charge in [-0.25, -0.2) is 4.79 Å². The van der Waals surface area contributed by atoms with E-state index in [4.69, 9.17) is 9.94 Å². The summed E-state index contributed by atoms with van der Waals surface area (Å²) in [6, 6.07) is 9.66. The number of oxime groups is 1. The molecule has 3 rings (SSSR count). The van der Waals surface area contributed by atoms with Crippen LogP contribution in [0, 0.1) is 17.8 Å². The largest absolute Gasteiger partial charge is 0.445 e. The van der Waals surface area contributed by atoms with Crippen molar-refractivity contribution in [2.75, 3.05) is 13.1 Å². The van der Waals surface area contributed by atoms with Gasteiger partial charge in [-0.2, -0.15) is 0 Å². The van der Waals surface area contributed by atoms with Gasteiger partial charge >= 0.3 is 6.09 Å². The van der Waals surface area contributed by atoms with Gasteiger partial charge in [0.05, 0.1) is 5.71 Å². The van der Waals surface area contributed by atoms with E-state index in [0.717, 1.165) is 11.3 Å². The van der Waals surface area contributed by atoms with Crippen LogP contribution in [0.4, 0.5) is 4.79 Å². The van der Waals surface area contributed by atoms with E-state index in [1.165, 1.54) is 0 Å². The fourth-order valence-corrected chi connectivity index (χ4v) is 3.17. The van der Waals surface area contributed by atoms with E-state index in [1.54, 1.807) is 4.90 Å². The number of nitrogens with zero attached hydrogens (tertiary/aromatic N) is 2. The normalized spacial score (nSPS) is 28.1. The zero-order valence-electron chi connectivity index (χ0n) is 11.4. The first-order valence-corrected chi connectivity index (χ1v) is 6.85. The Morgan fingerprint density at radius 2 is 2.00 bits per heavy atom. The summed E-state index contributed by atoms with van der Waals surface area (Å²) in [5, 5.41) is 12.0. The fourth-order valence-electron chi connectivity index (χ4n) is 3.17. The van der Waals surface area contributed by atoms with Gasteiger partial charge in [0.1, 0.15) is 6.61 Å². The number of amides is 1. The van der Waals surface area contributed by atoms with Crippen molar-refractivity contribution >= 4 is 11.8 Å². The Morgan fingerprint density at radius 3 is 2.60 bits per heavy atom. The SMILES string of the molecule is C/C(=N\O)[C@H]1[C@@H]2CN(C(=O)OCc3ccccc3)C[C@@H]21. The summed E-state index contributed by atoms with van der Waals surface area (Å²) in [4.78, 5) is 13.7. The van der Waals surface area contributed by atoms with Gasteiger partial charge in [-0.3, -0.25) is 0 Å². The molecule has 0 aromatic heterocycles. The number of hydrogen-bond donors (Lipinski definition) is 1. The number of hydrogen-bond acceptors (Lipinski definition) is 4. The van der Waals surface area contributed by atoms with E-state index in [-0.39, 0.29) is 6.09 Å². The molecule has 5 nitrogen and oxygen atoms in total. The highest BCUT2D eigenvalue weighted by atomic mass is 16.6. The summed E-state index contributed by atoms with van der Waals surface area (Å²) in [6.45, 7) is 3.55. The van der Waals surface area contributed by atoms with Gasteiger partial charge in [0.2, 0.25) is 0 Å². The van der Waals surface area contributed by atoms with Crippen LogP contribution in [0.2, 0.25) is 0 Å². The molecule has 1 amide bonds. The standard InChI is InChI=1S/C15H18N2O3/c1-10(16-19)14-12-7-17(8-13(12)14)15(18)20-9-11-5-3-2-4-6-11/h2-6,12-14,19H,7-9H2,1H3/b16-10+/t12-,13+,14+. The van der Waals surface area contributed by atoms with E-state index in [9.17, 15) is 4.79 Å². The highest BCUT2D eigenvalue weighted by Crippen LogP contribution is 2.52. The zero-order chi connectivity index (χ0) is 14.1. The third kappa shape index (κ3) is 2.35. The lowest BCUT2D eigenvalue weighted by molar-refractivity contribution is 0.0996. The van der Waals surface area contributed by atoms with Crippen molar-refractivity contribution in [1.82, 2.24) is 4.90 Å². The molecule has 1 aliphatic carbocycles. The summed E-state index contributed by atoms with van der Waals surface area (Å²) >= 11 is 0. The molecule has 1 aromatic carbocycles. The van der Waals surface area contributed by atoms with Gasteiger partial charge in [-0.1, -0.05) is 35.5 Å². The van der Waals surface area contributed by atoms with Crippen LogP contribution >= 0.6 is 0 Å². The first-order chi connectivity index (χ1) is 9.70. The van der Waals surface area contributed by atoms with Crippen LogP contribution in [-0.4, -0.2) is 35.0 Å². The minimum atomic E-state index is -0.251. The Kier molecular flexibility index (Phi) is 3.34. The van der Waals surface area contributed by atoms with Gasteiger partial charge in [-0.05, 0) is 24.3 Å². The van der Waals surface area contributed by atoms with Crippen LogP contribution in [0.15, 0.2) is 35.5 Å². The van der Waals surface area contributed by atoms with Crippen LogP contribution in [0.25, 0.3) is 0 Å². The summed E-state index contributed by atoms with van der Waals surface area (Å²) in [6.07, 6.45) is -0.251. The number of carbonyl (C=O) groups is 1. The van der Waals surface area contributed by atoms with Crippen LogP contribution in [0.5, 0.6) is 0 Å². The minimum Gasteiger partial charge on any atom is -0.445 e. The molecule has 1 aliphatic heterocycles. The lowest BCUT2D eigenvalue weighted by Crippen LogP contribution is -2.32. The average Bonchev–Trinajstić information content (AvgIpc) is 2.99. The lowest BCUT2D eigenvalue weighted by atomic mass is 10.2. The summed E-state index contributed by atoms with van der Waals surface area (Å²) in [5.41, 5.74) is 1.77. The molecule has 2 fully saturated rings. The van der Waals surface area contributed by atoms with Gasteiger partial charge in [-0.15, -0.1) is 0 Å². The van der Waals surface area contributed by atoms with Crippen molar-refractivity contribution in [1.29, 1.82) is 0 Å². The van der Waals surface area contributed by atoms with E-state index in [1.807, 2.05) is 37.3 Å². The van der Waals surface area contributed by atoms with E-state index in [2.05, 4.69) is 5.16 Å². The molecular weight excluding hydrogens is 256 g/mol. The van der Waals surface area contributed by atoms with Crippen LogP contribution in [-0.2, 0) is 11.3 Å². The van der Waals surface area contributed by atoms with Crippen LogP contribution < -0.4 is 0 Å². The Labute approximate surface area is 117 Å². The molecule has 1 saturated heterocycles. The lowest BCUT2D eigenvalue weighted by Gasteiger charge is -2.19. The fraction of sp³-hybridized carbons (Fsp3) is 0.467. The molecule has 1 heterocycles. The van der Waals surface area contributed by atoms with E-state index >= 15 is 0 Å². The highest BCUT2D eigenvalue weighted by molar-refractivity contribution is 5.87. The summed E-state index contributed by atoms with van der Waals surface area (Å²) in [5.74, 6) is 1.23. The third-order valence-electron chi connectivity index (χ3n) is 4.30. The number of rotatable bonds is 3. The third-order valence-corrected chi connectivity index (χ3v) is 4.30. The molecule has 0 bridgehead atoms. The molecule has 0 spiro atoms. The number of carbonyl (C=O) groups excluding carboxylic acids is 1. The molecule has 1 saturated carbocycles. The highest BCUT2D eigenvalue weighted by Gasteiger charge is 2.58. The maximum atomic E-state index is 12.0. The average molecular weight is 274 g/mol. The van der Waals surface area contributed by atoms with E-state index in [0.29, 0.717) is 37.5 Å². The van der Waals surface area contributed by atoms with Gasteiger partial charge in [0.15, 0.2) is 0 Å². The Bertz CT molecular complexity index is 517. The number of benzene rings is 1. The Hall–Kier alpha value is -2.04. The Balaban J connectivity index is 1.47. The Morgan fingerprint density at radius 1 is 1.35 bits per heavy atom. The smallest absolute Gasteiger partial charge is 0.410 e. The first-order valence-electron chi connectivity index (χ1n) is 6.85. The number of likely N-dealkylation sites (tertiary alicyclic amines) is 1. The number of ether oxygens (including phenoxy) is 1. The predicted molar refractivity (Wildman–Crippen MR) is 73.6 cm³/mol. The quantitative estimate of drug-likeness (QED) is 0.523. The molecule has 3 atom stereocenters. The van der Waals surface area contributed by atoms with E-state index < -0.39 is 0 Å². The van der Waals surface area contributed by atoms with Gasteiger partial charge in [0, 0.05) is 19.0 Å². The van der Waals surface area contributed by atoms with Crippen molar-refractivity contribution in [3.63, 3.8) is 0 Å². The molecular formula is C15H18N2O3. The second kappa shape index (κ2) is 5.15. The second-order valence-corrected chi connectivity index (χ2v) is 5.54. The summed E-state index contributed by atoms with van der Waals surface area (Å²) < 4.78 is 5.31. The molecule has 1 aromatic rings. The maximum absolute atomic E-state index is 12.0. The molecule has 1 N–H and O–H groups in total. The molecule has 106 valence electrons. The van der Waals surface area contributed by atoms with Crippen LogP contribution in [0.3, 0.4) is 0 Å². The molecule has 2 aliphatic rings. The van der Waals surface area contributed by atoms with Crippen molar-refractivity contribution in [2.45, 2.75) is 13.5 Å². The van der Waals surface area contributed by atoms with Gasteiger partial charge < -0.3 is 14.8 Å². The number of fused-ring (bicyclic) bond motifs is 1. The summed E-state index contributed by atoms with van der Waals surface area (Å²) in [7, 11) is 0. The molecule has 5 heteroatoms. The first kappa shape index (κ1) is 13.0. The second-order valence-electron chi connectivity index (χ2n) is 5.54. The van der Waals surface area contributed by atoms with Gasteiger partial charge in [0.25, 0.3) is 0 Å². The predicted octanol–water partition coefficient (Wildman–Crippen LogP) is 2.35. The maximum Gasteiger partial charge on any atom is 0.410 e. The topological polar surface area (TPSA) is 62.1 Å². The molecule has 0 radical (unpaired) electrons. The van der Waals surface area contributed by atoms with Crippen LogP contribution in [0.1, 0.15) is 12.5 Å². The van der Waals surface area contributed by atoms with Crippen molar-refractivity contribution in [3.05, 3.63) is 35.9 Å². The monoisotopic (exact) mass is 274 g/mol.